The van der Waals surface area contributed by atoms with E-state index in [4.69, 9.17) is 27.9 Å². The average molecular weight is 397 g/mol. The Morgan fingerprint density at radius 3 is 2.85 bits per heavy atom. The smallest absolute Gasteiger partial charge is 0.409 e. The van der Waals surface area contributed by atoms with Gasteiger partial charge >= 0.3 is 6.09 Å². The molecule has 0 spiro atoms. The molecule has 1 amide bonds. The summed E-state index contributed by atoms with van der Waals surface area (Å²) in [5.41, 5.74) is 0.651. The Balaban J connectivity index is 1.57. The first-order valence-corrected chi connectivity index (χ1v) is 9.17. The zero-order chi connectivity index (χ0) is 18.4. The highest BCUT2D eigenvalue weighted by molar-refractivity contribution is 6.42. The second-order valence-electron chi connectivity index (χ2n) is 6.68. The molecule has 2 atom stereocenters. The van der Waals surface area contributed by atoms with Gasteiger partial charge in [-0.2, -0.15) is 0 Å². The van der Waals surface area contributed by atoms with E-state index in [1.165, 1.54) is 7.11 Å². The maximum atomic E-state index is 11.7. The number of halogens is 2. The first-order valence-electron chi connectivity index (χ1n) is 8.41. The van der Waals surface area contributed by atoms with Crippen LogP contribution in [-0.4, -0.2) is 51.1 Å². The maximum absolute atomic E-state index is 11.7. The number of nitrogens with zero attached hydrogens (tertiary/aromatic N) is 4. The third-order valence-corrected chi connectivity index (χ3v) is 6.01. The zero-order valence-electron chi connectivity index (χ0n) is 14.2. The van der Waals surface area contributed by atoms with Gasteiger partial charge in [-0.15, -0.1) is 10.2 Å². The minimum atomic E-state index is -0.317. The van der Waals surface area contributed by atoms with Crippen molar-refractivity contribution in [2.24, 2.45) is 0 Å². The second kappa shape index (κ2) is 6.63. The number of fused-ring (bicyclic) bond motifs is 1. The summed E-state index contributed by atoms with van der Waals surface area (Å²) in [6, 6.07) is 3.15. The summed E-state index contributed by atoms with van der Waals surface area (Å²) in [5, 5.41) is 19.7. The molecule has 1 aromatic heterocycles. The van der Waals surface area contributed by atoms with E-state index in [0.717, 1.165) is 18.1 Å². The lowest BCUT2D eigenvalue weighted by Gasteiger charge is -2.16. The van der Waals surface area contributed by atoms with Gasteiger partial charge in [0.1, 0.15) is 17.4 Å². The van der Waals surface area contributed by atoms with Gasteiger partial charge in [0, 0.05) is 43.5 Å². The number of ether oxygens (including phenoxy) is 1. The molecule has 0 unspecified atom stereocenters. The summed E-state index contributed by atoms with van der Waals surface area (Å²) in [6.45, 7) is 1.84. The van der Waals surface area contributed by atoms with Crippen molar-refractivity contribution >= 4 is 29.3 Å². The standard InChI is InChI=1S/C17H18Cl2N4O3/c1-26-17(25)22-5-4-9(7-22)16-21-20-13-6-10(8-23(13)16)14-12(24)3-2-11(18)15(14)19/h2-3,9-10,24H,4-8H2,1H3/t9-,10-/m1/s1. The molecule has 1 fully saturated rings. The van der Waals surface area contributed by atoms with Crippen LogP contribution in [0.3, 0.4) is 0 Å². The molecule has 0 bridgehead atoms. The molecule has 2 aliphatic rings. The number of hydrogen-bond donors (Lipinski definition) is 1. The number of rotatable bonds is 2. The second-order valence-corrected chi connectivity index (χ2v) is 7.47. The topological polar surface area (TPSA) is 80.5 Å². The number of phenolic OH excluding ortho intramolecular Hbond substituents is 1. The Labute approximate surface area is 160 Å². The molecule has 9 heteroatoms. The van der Waals surface area contributed by atoms with E-state index >= 15 is 0 Å². The van der Waals surface area contributed by atoms with Gasteiger partial charge in [-0.25, -0.2) is 4.79 Å². The summed E-state index contributed by atoms with van der Waals surface area (Å²) in [5.74, 6) is 1.98. The van der Waals surface area contributed by atoms with Gasteiger partial charge < -0.3 is 19.3 Å². The molecule has 138 valence electrons. The van der Waals surface area contributed by atoms with Crippen LogP contribution in [0.1, 0.15) is 35.5 Å². The fourth-order valence-electron chi connectivity index (χ4n) is 3.91. The Morgan fingerprint density at radius 2 is 2.08 bits per heavy atom. The normalized spacial score (nSPS) is 21.9. The predicted molar refractivity (Wildman–Crippen MR) is 95.9 cm³/mol. The van der Waals surface area contributed by atoms with Crippen molar-refractivity contribution < 1.29 is 14.6 Å². The van der Waals surface area contributed by atoms with Crippen LogP contribution < -0.4 is 0 Å². The van der Waals surface area contributed by atoms with Gasteiger partial charge in [0.2, 0.25) is 0 Å². The number of carbonyl (C=O) groups is 1. The summed E-state index contributed by atoms with van der Waals surface area (Å²) < 4.78 is 6.87. The Bertz CT molecular complexity index is 870. The molecule has 2 aliphatic heterocycles. The van der Waals surface area contributed by atoms with Gasteiger partial charge in [0.15, 0.2) is 0 Å². The van der Waals surface area contributed by atoms with E-state index in [1.807, 2.05) is 0 Å². The van der Waals surface area contributed by atoms with Crippen molar-refractivity contribution in [3.8, 4) is 5.75 Å². The fraction of sp³-hybridized carbons (Fsp3) is 0.471. The van der Waals surface area contributed by atoms with Gasteiger partial charge in [-0.05, 0) is 18.6 Å². The van der Waals surface area contributed by atoms with Crippen LogP contribution in [0.25, 0.3) is 0 Å². The van der Waals surface area contributed by atoms with E-state index in [-0.39, 0.29) is 23.7 Å². The van der Waals surface area contributed by atoms with Crippen LogP contribution in [0.5, 0.6) is 5.75 Å². The highest BCUT2D eigenvalue weighted by Gasteiger charge is 2.36. The van der Waals surface area contributed by atoms with E-state index in [1.54, 1.807) is 17.0 Å². The van der Waals surface area contributed by atoms with Crippen molar-refractivity contribution in [1.29, 1.82) is 0 Å². The molecular weight excluding hydrogens is 379 g/mol. The number of aromatic nitrogens is 3. The number of hydrogen-bond acceptors (Lipinski definition) is 5. The van der Waals surface area contributed by atoms with E-state index in [2.05, 4.69) is 14.8 Å². The molecule has 3 heterocycles. The van der Waals surface area contributed by atoms with Crippen molar-refractivity contribution in [2.45, 2.75) is 31.2 Å². The average Bonchev–Trinajstić information content (AvgIpc) is 3.33. The van der Waals surface area contributed by atoms with Crippen LogP contribution >= 0.6 is 23.2 Å². The van der Waals surface area contributed by atoms with Crippen molar-refractivity contribution in [3.63, 3.8) is 0 Å². The van der Waals surface area contributed by atoms with Crippen LogP contribution in [0.15, 0.2) is 12.1 Å². The van der Waals surface area contributed by atoms with Gasteiger partial charge in [-0.1, -0.05) is 23.2 Å². The highest BCUT2D eigenvalue weighted by Crippen LogP contribution is 2.42. The number of methoxy groups -OCH3 is 1. The number of aromatic hydroxyl groups is 1. The first kappa shape index (κ1) is 17.4. The molecule has 2 aromatic rings. The van der Waals surface area contributed by atoms with Gasteiger partial charge in [-0.3, -0.25) is 0 Å². The Kier molecular flexibility index (Phi) is 4.44. The lowest BCUT2D eigenvalue weighted by Crippen LogP contribution is -2.28. The summed E-state index contributed by atoms with van der Waals surface area (Å²) in [6.07, 6.45) is 1.14. The van der Waals surface area contributed by atoms with Gasteiger partial charge in [0.05, 0.1) is 17.2 Å². The summed E-state index contributed by atoms with van der Waals surface area (Å²) in [7, 11) is 1.39. The van der Waals surface area contributed by atoms with Crippen molar-refractivity contribution in [2.75, 3.05) is 20.2 Å². The molecule has 7 nitrogen and oxygen atoms in total. The lowest BCUT2D eigenvalue weighted by molar-refractivity contribution is 0.132. The highest BCUT2D eigenvalue weighted by atomic mass is 35.5. The summed E-state index contributed by atoms with van der Waals surface area (Å²) in [4.78, 5) is 13.4. The molecule has 0 aliphatic carbocycles. The third-order valence-electron chi connectivity index (χ3n) is 5.19. The molecule has 1 N–H and O–H groups in total. The lowest BCUT2D eigenvalue weighted by atomic mass is 9.96. The molecule has 1 saturated heterocycles. The Morgan fingerprint density at radius 1 is 1.27 bits per heavy atom. The predicted octanol–water partition coefficient (Wildman–Crippen LogP) is 3.19. The monoisotopic (exact) mass is 396 g/mol. The van der Waals surface area contributed by atoms with E-state index in [0.29, 0.717) is 41.7 Å². The quantitative estimate of drug-likeness (QED) is 0.842. The van der Waals surface area contributed by atoms with Crippen LogP contribution in [0.4, 0.5) is 4.79 Å². The van der Waals surface area contributed by atoms with E-state index in [9.17, 15) is 9.90 Å². The Hall–Kier alpha value is -1.99. The first-order chi connectivity index (χ1) is 12.5. The molecule has 0 radical (unpaired) electrons. The third kappa shape index (κ3) is 2.79. The number of benzene rings is 1. The van der Waals surface area contributed by atoms with Crippen LogP contribution in [-0.2, 0) is 17.7 Å². The largest absolute Gasteiger partial charge is 0.508 e. The zero-order valence-corrected chi connectivity index (χ0v) is 15.7. The fourth-order valence-corrected chi connectivity index (χ4v) is 4.39. The molecule has 0 saturated carbocycles. The van der Waals surface area contributed by atoms with Gasteiger partial charge in [0.25, 0.3) is 0 Å². The van der Waals surface area contributed by atoms with Crippen molar-refractivity contribution in [3.05, 3.63) is 39.4 Å². The maximum Gasteiger partial charge on any atom is 0.409 e. The molecule has 1 aromatic carbocycles. The molecule has 4 rings (SSSR count). The number of amides is 1. The minimum absolute atomic E-state index is 0.0106. The molecule has 26 heavy (non-hydrogen) atoms. The van der Waals surface area contributed by atoms with E-state index < -0.39 is 0 Å². The van der Waals surface area contributed by atoms with Crippen LogP contribution in [0.2, 0.25) is 10.0 Å². The van der Waals surface area contributed by atoms with Crippen LogP contribution in [0, 0.1) is 0 Å². The number of likely N-dealkylation sites (tertiary alicyclic amines) is 1. The number of carbonyl (C=O) groups excluding carboxylic acids is 1. The SMILES string of the molecule is COC(=O)N1CC[C@@H](c2nnc3n2C[C@H](c2c(O)ccc(Cl)c2Cl)C3)C1. The minimum Gasteiger partial charge on any atom is -0.508 e. The molecular formula is C17H18Cl2N4O3. The number of phenols is 1. The van der Waals surface area contributed by atoms with Crippen molar-refractivity contribution in [1.82, 2.24) is 19.7 Å². The summed E-state index contributed by atoms with van der Waals surface area (Å²) >= 11 is 12.4.